The molecule has 0 spiro atoms. The molecule has 0 aromatic heterocycles. The lowest BCUT2D eigenvalue weighted by Gasteiger charge is -2.22. The van der Waals surface area contributed by atoms with E-state index in [1.165, 1.54) is 0 Å². The van der Waals surface area contributed by atoms with Crippen molar-refractivity contribution in [3.8, 4) is 0 Å². The molecular formula is C12H13Cl2FN2O2. The molecule has 0 radical (unpaired) electrons. The Bertz CT molecular complexity index is 481. The zero-order valence-electron chi connectivity index (χ0n) is 9.97. The molecular weight excluding hydrogens is 294 g/mol. The van der Waals surface area contributed by atoms with Crippen LogP contribution in [0, 0.1) is 5.82 Å². The van der Waals surface area contributed by atoms with E-state index in [9.17, 15) is 14.3 Å². The van der Waals surface area contributed by atoms with Crippen LogP contribution in [0.4, 0.5) is 10.1 Å². The van der Waals surface area contributed by atoms with E-state index in [0.717, 1.165) is 25.0 Å². The summed E-state index contributed by atoms with van der Waals surface area (Å²) < 4.78 is 13.0. The Kier molecular flexibility index (Phi) is 4.18. The van der Waals surface area contributed by atoms with Gasteiger partial charge in [-0.3, -0.25) is 15.6 Å². The molecule has 1 amide bonds. The number of hydrogen-bond acceptors (Lipinski definition) is 3. The Morgan fingerprint density at radius 3 is 2.32 bits per heavy atom. The van der Waals surface area contributed by atoms with Gasteiger partial charge in [-0.2, -0.15) is 0 Å². The Balaban J connectivity index is 2.05. The molecule has 0 atom stereocenters. The van der Waals surface area contributed by atoms with Gasteiger partial charge in [-0.15, -0.1) is 0 Å². The van der Waals surface area contributed by atoms with Crippen molar-refractivity contribution in [2.75, 3.05) is 5.43 Å². The van der Waals surface area contributed by atoms with E-state index in [1.807, 2.05) is 0 Å². The number of anilines is 1. The first-order valence-electron chi connectivity index (χ1n) is 5.86. The standard InChI is InChI=1S/C12H13Cl2FN2O2/c13-8-5-7(15)6-9(14)10(8)16-17-11(18)12(19)3-1-2-4-12/h5-6,16,19H,1-4H2,(H,17,18). The fourth-order valence-corrected chi connectivity index (χ4v) is 2.64. The van der Waals surface area contributed by atoms with Crippen LogP contribution in [0.15, 0.2) is 12.1 Å². The zero-order chi connectivity index (χ0) is 14.0. The van der Waals surface area contributed by atoms with E-state index in [2.05, 4.69) is 10.9 Å². The van der Waals surface area contributed by atoms with Crippen molar-refractivity contribution in [3.05, 3.63) is 28.0 Å². The quantitative estimate of drug-likeness (QED) is 0.753. The molecule has 3 N–H and O–H groups in total. The third-order valence-corrected chi connectivity index (χ3v) is 3.76. The number of amides is 1. The van der Waals surface area contributed by atoms with E-state index in [0.29, 0.717) is 12.8 Å². The number of carbonyl (C=O) groups is 1. The number of halogens is 3. The van der Waals surface area contributed by atoms with Crippen LogP contribution in [0.5, 0.6) is 0 Å². The predicted molar refractivity (Wildman–Crippen MR) is 71.6 cm³/mol. The number of carbonyl (C=O) groups excluding carboxylic acids is 1. The van der Waals surface area contributed by atoms with E-state index in [-0.39, 0.29) is 15.7 Å². The molecule has 1 aliphatic rings. The molecule has 0 saturated heterocycles. The molecule has 0 unspecified atom stereocenters. The lowest BCUT2D eigenvalue weighted by atomic mass is 10.0. The van der Waals surface area contributed by atoms with Gasteiger partial charge in [0.15, 0.2) is 0 Å². The monoisotopic (exact) mass is 306 g/mol. The fraction of sp³-hybridized carbons (Fsp3) is 0.417. The van der Waals surface area contributed by atoms with Gasteiger partial charge in [0.1, 0.15) is 11.4 Å². The highest BCUT2D eigenvalue weighted by atomic mass is 35.5. The second kappa shape index (κ2) is 5.53. The summed E-state index contributed by atoms with van der Waals surface area (Å²) in [5.74, 6) is -1.11. The summed E-state index contributed by atoms with van der Waals surface area (Å²) >= 11 is 11.6. The molecule has 0 aliphatic heterocycles. The smallest absolute Gasteiger partial charge is 0.270 e. The lowest BCUT2D eigenvalue weighted by molar-refractivity contribution is -0.138. The summed E-state index contributed by atoms with van der Waals surface area (Å²) in [5, 5.41) is 10.1. The van der Waals surface area contributed by atoms with Crippen molar-refractivity contribution in [1.82, 2.24) is 5.43 Å². The van der Waals surface area contributed by atoms with Crippen molar-refractivity contribution >= 4 is 34.8 Å². The summed E-state index contributed by atoms with van der Waals surface area (Å²) in [6.45, 7) is 0. The van der Waals surface area contributed by atoms with Crippen LogP contribution < -0.4 is 10.9 Å². The Morgan fingerprint density at radius 2 is 1.79 bits per heavy atom. The molecule has 1 saturated carbocycles. The van der Waals surface area contributed by atoms with Gasteiger partial charge >= 0.3 is 0 Å². The molecule has 104 valence electrons. The second-order valence-corrected chi connectivity index (χ2v) is 5.38. The molecule has 1 aromatic carbocycles. The van der Waals surface area contributed by atoms with Gasteiger partial charge in [0.25, 0.3) is 5.91 Å². The summed E-state index contributed by atoms with van der Waals surface area (Å²) in [4.78, 5) is 11.8. The normalized spacial score (nSPS) is 17.3. The van der Waals surface area contributed by atoms with E-state index in [1.54, 1.807) is 0 Å². The summed E-state index contributed by atoms with van der Waals surface area (Å²) in [5.41, 5.74) is 3.71. The predicted octanol–water partition coefficient (Wildman–Crippen LogP) is 2.88. The second-order valence-electron chi connectivity index (χ2n) is 4.56. The molecule has 4 nitrogen and oxygen atoms in total. The largest absolute Gasteiger partial charge is 0.380 e. The third kappa shape index (κ3) is 3.11. The average molecular weight is 307 g/mol. The number of rotatable bonds is 3. The number of hydrazine groups is 1. The van der Waals surface area contributed by atoms with Gasteiger partial charge < -0.3 is 5.11 Å². The molecule has 0 bridgehead atoms. The molecule has 0 heterocycles. The van der Waals surface area contributed by atoms with Crippen LogP contribution in [0.25, 0.3) is 0 Å². The lowest BCUT2D eigenvalue weighted by Crippen LogP contribution is -2.47. The highest BCUT2D eigenvalue weighted by Crippen LogP contribution is 2.32. The number of benzene rings is 1. The van der Waals surface area contributed by atoms with Crippen LogP contribution in [0.3, 0.4) is 0 Å². The summed E-state index contributed by atoms with van der Waals surface area (Å²) in [6, 6.07) is 2.15. The van der Waals surface area contributed by atoms with Crippen LogP contribution in [0.2, 0.25) is 10.0 Å². The van der Waals surface area contributed by atoms with Gasteiger partial charge in [0.05, 0.1) is 15.7 Å². The first kappa shape index (κ1) is 14.4. The van der Waals surface area contributed by atoms with Gasteiger partial charge in [-0.05, 0) is 37.8 Å². The van der Waals surface area contributed by atoms with E-state index >= 15 is 0 Å². The highest BCUT2D eigenvalue weighted by Gasteiger charge is 2.38. The Morgan fingerprint density at radius 1 is 1.26 bits per heavy atom. The maximum Gasteiger partial charge on any atom is 0.270 e. The van der Waals surface area contributed by atoms with Crippen LogP contribution in [-0.4, -0.2) is 16.6 Å². The number of nitrogens with one attached hydrogen (secondary N) is 2. The van der Waals surface area contributed by atoms with Crippen LogP contribution in [0.1, 0.15) is 25.7 Å². The van der Waals surface area contributed by atoms with Crippen molar-refractivity contribution in [3.63, 3.8) is 0 Å². The fourth-order valence-electron chi connectivity index (χ4n) is 2.08. The minimum Gasteiger partial charge on any atom is -0.380 e. The molecule has 7 heteroatoms. The highest BCUT2D eigenvalue weighted by molar-refractivity contribution is 6.39. The first-order chi connectivity index (χ1) is 8.92. The van der Waals surface area contributed by atoms with Crippen molar-refractivity contribution in [1.29, 1.82) is 0 Å². The van der Waals surface area contributed by atoms with Gasteiger partial charge in [-0.1, -0.05) is 23.2 Å². The third-order valence-electron chi connectivity index (χ3n) is 3.16. The minimum atomic E-state index is -1.36. The van der Waals surface area contributed by atoms with Crippen LogP contribution in [-0.2, 0) is 4.79 Å². The molecule has 2 rings (SSSR count). The average Bonchev–Trinajstić information content (AvgIpc) is 2.75. The maximum absolute atomic E-state index is 13.0. The summed E-state index contributed by atoms with van der Waals surface area (Å²) in [7, 11) is 0. The number of hydrogen-bond donors (Lipinski definition) is 3. The van der Waals surface area contributed by atoms with Crippen molar-refractivity contribution in [2.45, 2.75) is 31.3 Å². The number of aliphatic hydroxyl groups is 1. The van der Waals surface area contributed by atoms with Crippen molar-refractivity contribution < 1.29 is 14.3 Å². The first-order valence-corrected chi connectivity index (χ1v) is 6.61. The maximum atomic E-state index is 13.0. The Hall–Kier alpha value is -1.04. The van der Waals surface area contributed by atoms with Crippen LogP contribution >= 0.6 is 23.2 Å². The van der Waals surface area contributed by atoms with Gasteiger partial charge in [0, 0.05) is 0 Å². The molecule has 1 aromatic rings. The molecule has 19 heavy (non-hydrogen) atoms. The van der Waals surface area contributed by atoms with E-state index < -0.39 is 17.3 Å². The summed E-state index contributed by atoms with van der Waals surface area (Å²) in [6.07, 6.45) is 2.46. The molecule has 1 aliphatic carbocycles. The van der Waals surface area contributed by atoms with Gasteiger partial charge in [0.2, 0.25) is 0 Å². The SMILES string of the molecule is O=C(NNc1c(Cl)cc(F)cc1Cl)C1(O)CCCC1. The molecule has 1 fully saturated rings. The minimum absolute atomic E-state index is 0.0451. The zero-order valence-corrected chi connectivity index (χ0v) is 11.5. The Labute approximate surface area is 119 Å². The van der Waals surface area contributed by atoms with Crippen molar-refractivity contribution in [2.24, 2.45) is 0 Å². The van der Waals surface area contributed by atoms with E-state index in [4.69, 9.17) is 23.2 Å². The van der Waals surface area contributed by atoms with Gasteiger partial charge in [-0.25, -0.2) is 4.39 Å². The topological polar surface area (TPSA) is 61.4 Å².